The van der Waals surface area contributed by atoms with Crippen molar-refractivity contribution < 1.29 is 9.47 Å². The first-order chi connectivity index (χ1) is 9.24. The average Bonchev–Trinajstić information content (AvgIpc) is 2.45. The van der Waals surface area contributed by atoms with Crippen LogP contribution in [0.3, 0.4) is 0 Å². The van der Waals surface area contributed by atoms with Crippen LogP contribution in [0.15, 0.2) is 30.5 Å². The minimum atomic E-state index is 0.212. The van der Waals surface area contributed by atoms with Gasteiger partial charge in [0.15, 0.2) is 0 Å². The van der Waals surface area contributed by atoms with Gasteiger partial charge in [0.25, 0.3) is 0 Å². The van der Waals surface area contributed by atoms with Crippen LogP contribution >= 0.6 is 0 Å². The SMILES string of the molecule is CCOCC(C)Nc1nccc2ccc(OC)cc12. The van der Waals surface area contributed by atoms with Gasteiger partial charge in [-0.15, -0.1) is 0 Å². The summed E-state index contributed by atoms with van der Waals surface area (Å²) in [6.45, 7) is 5.46. The van der Waals surface area contributed by atoms with Crippen molar-refractivity contribution in [3.05, 3.63) is 30.5 Å². The number of hydrogen-bond donors (Lipinski definition) is 1. The van der Waals surface area contributed by atoms with E-state index in [1.807, 2.05) is 37.4 Å². The van der Waals surface area contributed by atoms with E-state index in [1.165, 1.54) is 0 Å². The largest absolute Gasteiger partial charge is 0.497 e. The Labute approximate surface area is 113 Å². The second kappa shape index (κ2) is 6.38. The van der Waals surface area contributed by atoms with Gasteiger partial charge >= 0.3 is 0 Å². The standard InChI is InChI=1S/C15H20N2O2/c1-4-19-10-11(2)17-15-14-9-13(18-3)6-5-12(14)7-8-16-15/h5-9,11H,4,10H2,1-3H3,(H,16,17). The van der Waals surface area contributed by atoms with Crippen LogP contribution in [0.25, 0.3) is 10.8 Å². The molecule has 0 bridgehead atoms. The Kier molecular flexibility index (Phi) is 4.58. The van der Waals surface area contributed by atoms with Crippen molar-refractivity contribution in [1.82, 2.24) is 4.98 Å². The topological polar surface area (TPSA) is 43.4 Å². The Hall–Kier alpha value is -1.81. The Morgan fingerprint density at radius 3 is 2.89 bits per heavy atom. The molecule has 4 heteroatoms. The molecule has 0 radical (unpaired) electrons. The molecule has 1 unspecified atom stereocenters. The quantitative estimate of drug-likeness (QED) is 0.866. The number of ether oxygens (including phenoxy) is 2. The van der Waals surface area contributed by atoms with Gasteiger partial charge in [0.2, 0.25) is 0 Å². The number of nitrogens with one attached hydrogen (secondary N) is 1. The Morgan fingerprint density at radius 2 is 2.16 bits per heavy atom. The zero-order chi connectivity index (χ0) is 13.7. The molecular formula is C15H20N2O2. The minimum Gasteiger partial charge on any atom is -0.497 e. The highest BCUT2D eigenvalue weighted by atomic mass is 16.5. The van der Waals surface area contributed by atoms with Gasteiger partial charge in [-0.25, -0.2) is 4.98 Å². The van der Waals surface area contributed by atoms with E-state index in [9.17, 15) is 0 Å². The first-order valence-electron chi connectivity index (χ1n) is 6.51. The molecule has 0 aliphatic carbocycles. The van der Waals surface area contributed by atoms with E-state index < -0.39 is 0 Å². The summed E-state index contributed by atoms with van der Waals surface area (Å²) in [5, 5.41) is 5.58. The molecular weight excluding hydrogens is 240 g/mol. The van der Waals surface area contributed by atoms with Gasteiger partial charge in [-0.3, -0.25) is 0 Å². The molecule has 19 heavy (non-hydrogen) atoms. The second-order valence-electron chi connectivity index (χ2n) is 4.45. The van der Waals surface area contributed by atoms with Crippen LogP contribution in [0.5, 0.6) is 5.75 Å². The first kappa shape index (κ1) is 13.6. The van der Waals surface area contributed by atoms with Crippen molar-refractivity contribution in [2.24, 2.45) is 0 Å². The average molecular weight is 260 g/mol. The predicted molar refractivity (Wildman–Crippen MR) is 77.9 cm³/mol. The van der Waals surface area contributed by atoms with Gasteiger partial charge in [0.05, 0.1) is 13.7 Å². The minimum absolute atomic E-state index is 0.212. The lowest BCUT2D eigenvalue weighted by Crippen LogP contribution is -2.22. The van der Waals surface area contributed by atoms with E-state index in [-0.39, 0.29) is 6.04 Å². The summed E-state index contributed by atoms with van der Waals surface area (Å²) in [6.07, 6.45) is 1.81. The molecule has 1 aromatic carbocycles. The number of hydrogen-bond acceptors (Lipinski definition) is 4. The van der Waals surface area contributed by atoms with Crippen LogP contribution in [0.4, 0.5) is 5.82 Å². The normalized spacial score (nSPS) is 12.4. The molecule has 0 aliphatic heterocycles. The Balaban J connectivity index is 2.26. The van der Waals surface area contributed by atoms with Crippen LogP contribution in [-0.4, -0.2) is 31.3 Å². The Morgan fingerprint density at radius 1 is 1.32 bits per heavy atom. The molecule has 0 saturated carbocycles. The lowest BCUT2D eigenvalue weighted by atomic mass is 10.1. The van der Waals surface area contributed by atoms with E-state index in [1.54, 1.807) is 7.11 Å². The molecule has 102 valence electrons. The van der Waals surface area contributed by atoms with E-state index in [2.05, 4.69) is 17.2 Å². The van der Waals surface area contributed by atoms with Crippen molar-refractivity contribution in [2.45, 2.75) is 19.9 Å². The summed E-state index contributed by atoms with van der Waals surface area (Å²) >= 11 is 0. The molecule has 0 saturated heterocycles. The molecule has 4 nitrogen and oxygen atoms in total. The monoisotopic (exact) mass is 260 g/mol. The molecule has 1 N–H and O–H groups in total. The summed E-state index contributed by atoms with van der Waals surface area (Å²) in [4.78, 5) is 4.41. The highest BCUT2D eigenvalue weighted by Gasteiger charge is 2.07. The van der Waals surface area contributed by atoms with E-state index >= 15 is 0 Å². The van der Waals surface area contributed by atoms with Crippen molar-refractivity contribution in [1.29, 1.82) is 0 Å². The molecule has 1 heterocycles. The van der Waals surface area contributed by atoms with Crippen molar-refractivity contribution in [3.8, 4) is 5.75 Å². The van der Waals surface area contributed by atoms with Gasteiger partial charge in [0.1, 0.15) is 11.6 Å². The third-order valence-electron chi connectivity index (χ3n) is 2.93. The number of rotatable bonds is 6. The summed E-state index contributed by atoms with van der Waals surface area (Å²) in [5.74, 6) is 1.70. The Bertz CT molecular complexity index is 543. The summed E-state index contributed by atoms with van der Waals surface area (Å²) < 4.78 is 10.7. The van der Waals surface area contributed by atoms with Crippen LogP contribution in [0.2, 0.25) is 0 Å². The summed E-state index contributed by atoms with van der Waals surface area (Å²) in [7, 11) is 1.67. The van der Waals surface area contributed by atoms with Gasteiger partial charge in [-0.1, -0.05) is 6.07 Å². The summed E-state index contributed by atoms with van der Waals surface area (Å²) in [6, 6.07) is 8.19. The lowest BCUT2D eigenvalue weighted by molar-refractivity contribution is 0.141. The molecule has 1 atom stereocenters. The van der Waals surface area contributed by atoms with Gasteiger partial charge in [-0.2, -0.15) is 0 Å². The maximum absolute atomic E-state index is 5.41. The third-order valence-corrected chi connectivity index (χ3v) is 2.93. The molecule has 0 aliphatic rings. The zero-order valence-electron chi connectivity index (χ0n) is 11.6. The molecule has 0 spiro atoms. The van der Waals surface area contributed by atoms with Crippen LogP contribution in [0.1, 0.15) is 13.8 Å². The van der Waals surface area contributed by atoms with Gasteiger partial charge in [-0.05, 0) is 37.4 Å². The summed E-state index contributed by atoms with van der Waals surface area (Å²) in [5.41, 5.74) is 0. The highest BCUT2D eigenvalue weighted by molar-refractivity contribution is 5.92. The molecule has 0 fully saturated rings. The maximum atomic E-state index is 5.41. The second-order valence-corrected chi connectivity index (χ2v) is 4.45. The highest BCUT2D eigenvalue weighted by Crippen LogP contribution is 2.26. The molecule has 0 amide bonds. The number of benzene rings is 1. The van der Waals surface area contributed by atoms with E-state index in [0.717, 1.165) is 28.9 Å². The van der Waals surface area contributed by atoms with Crippen LogP contribution in [-0.2, 0) is 4.74 Å². The van der Waals surface area contributed by atoms with E-state index in [4.69, 9.17) is 9.47 Å². The molecule has 1 aromatic heterocycles. The fourth-order valence-corrected chi connectivity index (χ4v) is 1.96. The molecule has 2 aromatic rings. The predicted octanol–water partition coefficient (Wildman–Crippen LogP) is 3.08. The fraction of sp³-hybridized carbons (Fsp3) is 0.400. The third kappa shape index (κ3) is 3.35. The van der Waals surface area contributed by atoms with Crippen molar-refractivity contribution >= 4 is 16.6 Å². The zero-order valence-corrected chi connectivity index (χ0v) is 11.6. The fourth-order valence-electron chi connectivity index (χ4n) is 1.96. The maximum Gasteiger partial charge on any atom is 0.134 e. The number of fused-ring (bicyclic) bond motifs is 1. The van der Waals surface area contributed by atoms with Gasteiger partial charge < -0.3 is 14.8 Å². The smallest absolute Gasteiger partial charge is 0.134 e. The number of nitrogens with zero attached hydrogens (tertiary/aromatic N) is 1. The molecule has 2 rings (SSSR count). The first-order valence-corrected chi connectivity index (χ1v) is 6.51. The van der Waals surface area contributed by atoms with E-state index in [0.29, 0.717) is 6.61 Å². The number of methoxy groups -OCH3 is 1. The van der Waals surface area contributed by atoms with Crippen LogP contribution in [0, 0.1) is 0 Å². The number of aromatic nitrogens is 1. The number of anilines is 1. The van der Waals surface area contributed by atoms with Gasteiger partial charge in [0, 0.05) is 24.2 Å². The lowest BCUT2D eigenvalue weighted by Gasteiger charge is -2.16. The van der Waals surface area contributed by atoms with Crippen LogP contribution < -0.4 is 10.1 Å². The number of pyridine rings is 1. The van der Waals surface area contributed by atoms with Crippen molar-refractivity contribution in [3.63, 3.8) is 0 Å². The van der Waals surface area contributed by atoms with Crippen molar-refractivity contribution in [2.75, 3.05) is 25.6 Å².